The predicted octanol–water partition coefficient (Wildman–Crippen LogP) is 4.21. The Kier molecular flexibility index (Phi) is 4.88. The molecule has 176 valence electrons. The summed E-state index contributed by atoms with van der Waals surface area (Å²) in [5.41, 5.74) is -0.319. The third-order valence-corrected chi connectivity index (χ3v) is 10.8. The molecular formula is C26H40N4O2. The van der Waals surface area contributed by atoms with Crippen LogP contribution < -0.4 is 0 Å². The molecule has 5 aliphatic carbocycles. The predicted molar refractivity (Wildman–Crippen MR) is 120 cm³/mol. The van der Waals surface area contributed by atoms with Crippen molar-refractivity contribution in [3.63, 3.8) is 0 Å². The van der Waals surface area contributed by atoms with Gasteiger partial charge in [-0.2, -0.15) is 4.80 Å². The number of rotatable bonds is 4. The van der Waals surface area contributed by atoms with Crippen molar-refractivity contribution in [2.75, 3.05) is 0 Å². The average molecular weight is 441 g/mol. The van der Waals surface area contributed by atoms with Crippen molar-refractivity contribution in [3.8, 4) is 0 Å². The fourth-order valence-corrected chi connectivity index (χ4v) is 9.41. The molecule has 6 rings (SSSR count). The maximum Gasteiger partial charge on any atom is 0.171 e. The second kappa shape index (κ2) is 7.35. The van der Waals surface area contributed by atoms with Gasteiger partial charge in [-0.25, -0.2) is 0 Å². The van der Waals surface area contributed by atoms with Crippen LogP contribution in [0, 0.1) is 59.7 Å². The zero-order valence-electron chi connectivity index (χ0n) is 20.0. The lowest BCUT2D eigenvalue weighted by atomic mass is 9.48. The van der Waals surface area contributed by atoms with Gasteiger partial charge in [0.1, 0.15) is 6.54 Å². The van der Waals surface area contributed by atoms with E-state index in [2.05, 4.69) is 29.3 Å². The summed E-state index contributed by atoms with van der Waals surface area (Å²) in [6, 6.07) is 0. The minimum atomic E-state index is -0.452. The van der Waals surface area contributed by atoms with Crippen LogP contribution in [0.5, 0.6) is 0 Å². The van der Waals surface area contributed by atoms with E-state index in [1.807, 2.05) is 6.92 Å². The molecule has 32 heavy (non-hydrogen) atoms. The van der Waals surface area contributed by atoms with E-state index >= 15 is 0 Å². The van der Waals surface area contributed by atoms with Gasteiger partial charge in [0, 0.05) is 5.92 Å². The van der Waals surface area contributed by atoms with Crippen LogP contribution in [0.3, 0.4) is 0 Å². The Balaban J connectivity index is 1.26. The van der Waals surface area contributed by atoms with E-state index in [1.54, 1.807) is 0 Å². The van der Waals surface area contributed by atoms with E-state index in [-0.39, 0.29) is 17.9 Å². The highest BCUT2D eigenvalue weighted by Gasteiger charge is 2.63. The Morgan fingerprint density at radius 3 is 2.47 bits per heavy atom. The number of hydrogen-bond donors (Lipinski definition) is 1. The number of tetrazole rings is 1. The molecule has 5 saturated carbocycles. The molecule has 1 heterocycles. The summed E-state index contributed by atoms with van der Waals surface area (Å²) in [4.78, 5) is 15.1. The van der Waals surface area contributed by atoms with E-state index in [1.165, 1.54) is 49.7 Å². The number of ketones is 1. The van der Waals surface area contributed by atoms with Crippen molar-refractivity contribution < 1.29 is 9.90 Å². The Morgan fingerprint density at radius 2 is 1.75 bits per heavy atom. The van der Waals surface area contributed by atoms with E-state index in [0.717, 1.165) is 48.9 Å². The van der Waals surface area contributed by atoms with Crippen molar-refractivity contribution in [2.24, 2.45) is 52.8 Å². The fourth-order valence-electron chi connectivity index (χ4n) is 9.41. The molecule has 6 nitrogen and oxygen atoms in total. The van der Waals surface area contributed by atoms with Gasteiger partial charge < -0.3 is 5.11 Å². The first-order valence-electron chi connectivity index (χ1n) is 13.2. The molecule has 1 aromatic heterocycles. The van der Waals surface area contributed by atoms with E-state index < -0.39 is 5.60 Å². The van der Waals surface area contributed by atoms with Crippen LogP contribution in [-0.2, 0) is 11.3 Å². The van der Waals surface area contributed by atoms with Gasteiger partial charge in [0.25, 0.3) is 0 Å². The third kappa shape index (κ3) is 3.38. The lowest BCUT2D eigenvalue weighted by Crippen LogP contribution is -2.52. The smallest absolute Gasteiger partial charge is 0.171 e. The topological polar surface area (TPSA) is 80.9 Å². The SMILES string of the molecule is Cc1nnn(CC(=O)[C@H]2C[C@@H](C3CC3)[C@H]3[C@@H]4CC[C@@H]5C[C@](C)(O)CC[C@@H]5[C@H]4CC[C@@]32C)n1. The molecule has 0 spiro atoms. The summed E-state index contributed by atoms with van der Waals surface area (Å²) >= 11 is 0. The number of aromatic nitrogens is 4. The first-order chi connectivity index (χ1) is 15.2. The normalized spacial score (nSPS) is 48.1. The fraction of sp³-hybridized carbons (Fsp3) is 0.923. The van der Waals surface area contributed by atoms with Gasteiger partial charge in [0.15, 0.2) is 11.6 Å². The van der Waals surface area contributed by atoms with Crippen molar-refractivity contribution in [3.05, 3.63) is 5.82 Å². The summed E-state index contributed by atoms with van der Waals surface area (Å²) < 4.78 is 0. The highest BCUT2D eigenvalue weighted by molar-refractivity contribution is 5.82. The lowest BCUT2D eigenvalue weighted by Gasteiger charge is -2.57. The van der Waals surface area contributed by atoms with Gasteiger partial charge in [-0.15, -0.1) is 10.2 Å². The molecule has 0 aliphatic heterocycles. The molecule has 9 atom stereocenters. The second-order valence-electron chi connectivity index (χ2n) is 12.8. The highest BCUT2D eigenvalue weighted by atomic mass is 16.3. The van der Waals surface area contributed by atoms with Gasteiger partial charge in [-0.3, -0.25) is 4.79 Å². The number of fused-ring (bicyclic) bond motifs is 5. The summed E-state index contributed by atoms with van der Waals surface area (Å²) in [5.74, 6) is 6.52. The lowest BCUT2D eigenvalue weighted by molar-refractivity contribution is -0.134. The molecule has 0 aromatic carbocycles. The van der Waals surface area contributed by atoms with Crippen LogP contribution in [0.15, 0.2) is 0 Å². The molecule has 0 radical (unpaired) electrons. The molecule has 5 aliphatic rings. The maximum absolute atomic E-state index is 13.6. The van der Waals surface area contributed by atoms with Crippen LogP contribution >= 0.6 is 0 Å². The number of Topliss-reactive ketones (excluding diaryl/α,β-unsaturated/α-hetero) is 1. The van der Waals surface area contributed by atoms with Crippen molar-refractivity contribution >= 4 is 5.78 Å². The van der Waals surface area contributed by atoms with Crippen molar-refractivity contribution in [2.45, 2.75) is 97.1 Å². The van der Waals surface area contributed by atoms with Crippen LogP contribution in [0.4, 0.5) is 0 Å². The summed E-state index contributed by atoms with van der Waals surface area (Å²) in [5, 5.41) is 23.0. The molecular weight excluding hydrogens is 400 g/mol. The van der Waals surface area contributed by atoms with Crippen LogP contribution in [0.2, 0.25) is 0 Å². The van der Waals surface area contributed by atoms with E-state index in [9.17, 15) is 9.90 Å². The minimum Gasteiger partial charge on any atom is -0.390 e. The molecule has 1 aromatic rings. The zero-order chi connectivity index (χ0) is 22.3. The summed E-state index contributed by atoms with van der Waals surface area (Å²) in [7, 11) is 0. The van der Waals surface area contributed by atoms with Gasteiger partial charge in [0.05, 0.1) is 5.60 Å². The molecule has 1 N–H and O–H groups in total. The first kappa shape index (κ1) is 21.2. The monoisotopic (exact) mass is 440 g/mol. The summed E-state index contributed by atoms with van der Waals surface area (Å²) in [6.07, 6.45) is 12.1. The Morgan fingerprint density at radius 1 is 1.00 bits per heavy atom. The van der Waals surface area contributed by atoms with Gasteiger partial charge in [0.2, 0.25) is 0 Å². The summed E-state index contributed by atoms with van der Waals surface area (Å²) in [6.45, 7) is 6.62. The van der Waals surface area contributed by atoms with Crippen LogP contribution in [0.25, 0.3) is 0 Å². The minimum absolute atomic E-state index is 0.133. The largest absolute Gasteiger partial charge is 0.390 e. The van der Waals surface area contributed by atoms with Gasteiger partial charge >= 0.3 is 0 Å². The van der Waals surface area contributed by atoms with Crippen molar-refractivity contribution in [1.29, 1.82) is 0 Å². The highest BCUT2D eigenvalue weighted by Crippen LogP contribution is 2.69. The standard InChI is InChI=1S/C26H40N4O2/c1-15-27-29-30(28-15)14-23(31)22-12-21(16-4-5-16)24-20-7-6-17-13-25(2,32)10-8-18(17)19(20)9-11-26(22,24)3/h16-22,24,32H,4-14H2,1-3H3/t17-,18+,19-,20-,21+,22-,24-,25-,26-/m1/s1. The number of aryl methyl sites for hydroxylation is 1. The molecule has 0 amide bonds. The second-order valence-corrected chi connectivity index (χ2v) is 12.8. The molecule has 0 bridgehead atoms. The molecule has 6 heteroatoms. The maximum atomic E-state index is 13.6. The van der Waals surface area contributed by atoms with Gasteiger partial charge in [-0.1, -0.05) is 6.92 Å². The van der Waals surface area contributed by atoms with Gasteiger partial charge in [-0.05, 0) is 130 Å². The molecule has 5 fully saturated rings. The third-order valence-electron chi connectivity index (χ3n) is 10.8. The number of carbonyl (C=O) groups is 1. The van der Waals surface area contributed by atoms with Crippen LogP contribution in [-0.4, -0.2) is 36.7 Å². The number of carbonyl (C=O) groups excluding carboxylic acids is 1. The van der Waals surface area contributed by atoms with Crippen molar-refractivity contribution in [1.82, 2.24) is 20.2 Å². The number of hydrogen-bond acceptors (Lipinski definition) is 5. The Labute approximate surface area is 191 Å². The quantitative estimate of drug-likeness (QED) is 0.759. The van der Waals surface area contributed by atoms with Crippen LogP contribution in [0.1, 0.15) is 83.9 Å². The van der Waals surface area contributed by atoms with E-state index in [4.69, 9.17) is 0 Å². The average Bonchev–Trinajstić information content (AvgIpc) is 3.42. The zero-order valence-corrected chi connectivity index (χ0v) is 20.0. The van der Waals surface area contributed by atoms with E-state index in [0.29, 0.717) is 23.4 Å². The first-order valence-corrected chi connectivity index (χ1v) is 13.2. The number of aliphatic hydroxyl groups is 1. The number of nitrogens with zero attached hydrogens (tertiary/aromatic N) is 4. The molecule has 0 saturated heterocycles. The Hall–Kier alpha value is -1.30. The molecule has 0 unspecified atom stereocenters. The Bertz CT molecular complexity index is 892.